The maximum absolute atomic E-state index is 12.4. The first-order chi connectivity index (χ1) is 9.99. The number of hydrogen-bond acceptors (Lipinski definition) is 4. The van der Waals surface area contributed by atoms with Crippen LogP contribution in [-0.4, -0.2) is 16.5 Å². The van der Waals surface area contributed by atoms with E-state index in [-0.39, 0.29) is 0 Å². The number of rotatable bonds is 5. The van der Waals surface area contributed by atoms with Crippen molar-refractivity contribution in [3.63, 3.8) is 0 Å². The van der Waals surface area contributed by atoms with Crippen LogP contribution in [0.2, 0.25) is 0 Å². The Labute approximate surface area is 125 Å². The van der Waals surface area contributed by atoms with Gasteiger partial charge < -0.3 is 5.32 Å². The third-order valence-electron chi connectivity index (χ3n) is 2.63. The second kappa shape index (κ2) is 6.80. The zero-order chi connectivity index (χ0) is 15.3. The van der Waals surface area contributed by atoms with Crippen molar-refractivity contribution in [3.05, 3.63) is 47.9 Å². The molecule has 0 radical (unpaired) electrons. The molecule has 2 aromatic heterocycles. The SMILES string of the molecule is CCNc1ccnc(CSc2ccc(C(F)(F)F)cn2)c1. The highest BCUT2D eigenvalue weighted by Gasteiger charge is 2.30. The Kier molecular flexibility index (Phi) is 5.06. The van der Waals surface area contributed by atoms with Gasteiger partial charge in [0.25, 0.3) is 0 Å². The lowest BCUT2D eigenvalue weighted by atomic mass is 10.3. The summed E-state index contributed by atoms with van der Waals surface area (Å²) in [6.07, 6.45) is -1.79. The van der Waals surface area contributed by atoms with Gasteiger partial charge in [-0.05, 0) is 31.2 Å². The van der Waals surface area contributed by atoms with E-state index in [4.69, 9.17) is 0 Å². The average molecular weight is 313 g/mol. The fourth-order valence-corrected chi connectivity index (χ4v) is 2.40. The first-order valence-electron chi connectivity index (χ1n) is 6.34. The molecule has 0 aliphatic carbocycles. The summed E-state index contributed by atoms with van der Waals surface area (Å²) in [5, 5.41) is 3.72. The van der Waals surface area contributed by atoms with Gasteiger partial charge in [-0.15, -0.1) is 11.8 Å². The molecule has 0 saturated heterocycles. The van der Waals surface area contributed by atoms with Crippen LogP contribution < -0.4 is 5.32 Å². The van der Waals surface area contributed by atoms with Crippen LogP contribution in [0, 0.1) is 0 Å². The number of nitrogens with one attached hydrogen (secondary N) is 1. The monoisotopic (exact) mass is 313 g/mol. The van der Waals surface area contributed by atoms with E-state index in [2.05, 4.69) is 15.3 Å². The molecule has 0 aromatic carbocycles. The number of hydrogen-bond donors (Lipinski definition) is 1. The van der Waals surface area contributed by atoms with Crippen LogP contribution in [0.4, 0.5) is 18.9 Å². The molecule has 2 aromatic rings. The molecule has 0 amide bonds. The summed E-state index contributed by atoms with van der Waals surface area (Å²) in [5.74, 6) is 0.553. The fourth-order valence-electron chi connectivity index (χ4n) is 1.65. The fraction of sp³-hybridized carbons (Fsp3) is 0.286. The molecular formula is C14H14F3N3S. The molecule has 2 rings (SSSR count). The Morgan fingerprint density at radius 1 is 1.19 bits per heavy atom. The molecule has 0 saturated carbocycles. The van der Waals surface area contributed by atoms with Gasteiger partial charge in [-0.3, -0.25) is 4.98 Å². The van der Waals surface area contributed by atoms with E-state index in [1.807, 2.05) is 19.1 Å². The third kappa shape index (κ3) is 4.63. The molecule has 3 nitrogen and oxygen atoms in total. The third-order valence-corrected chi connectivity index (χ3v) is 3.61. The van der Waals surface area contributed by atoms with Gasteiger partial charge in [-0.25, -0.2) is 4.98 Å². The van der Waals surface area contributed by atoms with Crippen molar-refractivity contribution < 1.29 is 13.2 Å². The molecule has 1 N–H and O–H groups in total. The molecule has 0 unspecified atom stereocenters. The van der Waals surface area contributed by atoms with E-state index in [1.165, 1.54) is 17.8 Å². The highest BCUT2D eigenvalue weighted by Crippen LogP contribution is 2.30. The van der Waals surface area contributed by atoms with E-state index in [0.717, 1.165) is 30.2 Å². The van der Waals surface area contributed by atoms with Gasteiger partial charge in [-0.1, -0.05) is 0 Å². The Hall–Kier alpha value is -1.76. The van der Waals surface area contributed by atoms with Crippen LogP contribution in [-0.2, 0) is 11.9 Å². The lowest BCUT2D eigenvalue weighted by Crippen LogP contribution is -2.05. The molecule has 112 valence electrons. The van der Waals surface area contributed by atoms with Crippen LogP contribution in [0.25, 0.3) is 0 Å². The van der Waals surface area contributed by atoms with Crippen molar-refractivity contribution in [2.45, 2.75) is 23.9 Å². The molecule has 0 bridgehead atoms. The van der Waals surface area contributed by atoms with E-state index in [1.54, 1.807) is 6.20 Å². The number of alkyl halides is 3. The van der Waals surface area contributed by atoms with E-state index < -0.39 is 11.7 Å². The molecule has 0 aliphatic heterocycles. The smallest absolute Gasteiger partial charge is 0.385 e. The molecule has 0 aliphatic rings. The van der Waals surface area contributed by atoms with Crippen molar-refractivity contribution in [2.75, 3.05) is 11.9 Å². The predicted molar refractivity (Wildman–Crippen MR) is 77.2 cm³/mol. The summed E-state index contributed by atoms with van der Waals surface area (Å²) >= 11 is 1.35. The molecule has 7 heteroatoms. The first kappa shape index (κ1) is 15.6. The second-order valence-electron chi connectivity index (χ2n) is 4.24. The summed E-state index contributed by atoms with van der Waals surface area (Å²) in [6, 6.07) is 6.20. The summed E-state index contributed by atoms with van der Waals surface area (Å²) in [4.78, 5) is 8.04. The van der Waals surface area contributed by atoms with Gasteiger partial charge in [0, 0.05) is 30.4 Å². The van der Waals surface area contributed by atoms with E-state index in [9.17, 15) is 13.2 Å². The summed E-state index contributed by atoms with van der Waals surface area (Å²) in [7, 11) is 0. The molecule has 0 atom stereocenters. The molecule has 0 fully saturated rings. The number of nitrogens with zero attached hydrogens (tertiary/aromatic N) is 2. The molecule has 0 spiro atoms. The first-order valence-corrected chi connectivity index (χ1v) is 7.32. The minimum absolute atomic E-state index is 0.540. The number of pyridine rings is 2. The number of thioether (sulfide) groups is 1. The zero-order valence-electron chi connectivity index (χ0n) is 11.3. The van der Waals surface area contributed by atoms with Crippen LogP contribution in [0.3, 0.4) is 0 Å². The molecule has 21 heavy (non-hydrogen) atoms. The Balaban J connectivity index is 1.98. The summed E-state index contributed by atoms with van der Waals surface area (Å²) in [5.41, 5.74) is 1.09. The summed E-state index contributed by atoms with van der Waals surface area (Å²) in [6.45, 7) is 2.82. The van der Waals surface area contributed by atoms with Crippen LogP contribution >= 0.6 is 11.8 Å². The number of aromatic nitrogens is 2. The lowest BCUT2D eigenvalue weighted by molar-refractivity contribution is -0.137. The maximum atomic E-state index is 12.4. The Morgan fingerprint density at radius 2 is 2.00 bits per heavy atom. The lowest BCUT2D eigenvalue weighted by Gasteiger charge is -2.07. The van der Waals surface area contributed by atoms with Gasteiger partial charge >= 0.3 is 6.18 Å². The topological polar surface area (TPSA) is 37.8 Å². The average Bonchev–Trinajstić information content (AvgIpc) is 2.45. The minimum Gasteiger partial charge on any atom is -0.385 e. The van der Waals surface area contributed by atoms with E-state index in [0.29, 0.717) is 10.8 Å². The highest BCUT2D eigenvalue weighted by atomic mass is 32.2. The van der Waals surface area contributed by atoms with Crippen molar-refractivity contribution >= 4 is 17.4 Å². The van der Waals surface area contributed by atoms with Gasteiger partial charge in [0.05, 0.1) is 16.3 Å². The quantitative estimate of drug-likeness (QED) is 0.839. The van der Waals surface area contributed by atoms with Gasteiger partial charge in [0.2, 0.25) is 0 Å². The zero-order valence-corrected chi connectivity index (χ0v) is 12.1. The highest BCUT2D eigenvalue weighted by molar-refractivity contribution is 7.98. The molecule has 2 heterocycles. The minimum atomic E-state index is -4.35. The maximum Gasteiger partial charge on any atom is 0.417 e. The van der Waals surface area contributed by atoms with Crippen molar-refractivity contribution in [2.24, 2.45) is 0 Å². The normalized spacial score (nSPS) is 11.4. The van der Waals surface area contributed by atoms with E-state index >= 15 is 0 Å². The molecular weight excluding hydrogens is 299 g/mol. The Bertz CT molecular complexity index is 585. The van der Waals surface area contributed by atoms with Crippen LogP contribution in [0.15, 0.2) is 41.7 Å². The number of anilines is 1. The Morgan fingerprint density at radius 3 is 2.62 bits per heavy atom. The van der Waals surface area contributed by atoms with Gasteiger partial charge in [0.15, 0.2) is 0 Å². The van der Waals surface area contributed by atoms with Gasteiger partial charge in [0.1, 0.15) is 0 Å². The van der Waals surface area contributed by atoms with Crippen LogP contribution in [0.5, 0.6) is 0 Å². The van der Waals surface area contributed by atoms with Crippen molar-refractivity contribution in [1.82, 2.24) is 9.97 Å². The standard InChI is InChI=1S/C14H14F3N3S/c1-2-18-11-5-6-19-12(7-11)9-21-13-4-3-10(8-20-13)14(15,16)17/h3-8H,2,9H2,1H3,(H,18,19). The van der Waals surface area contributed by atoms with Crippen molar-refractivity contribution in [3.8, 4) is 0 Å². The summed E-state index contributed by atoms with van der Waals surface area (Å²) < 4.78 is 37.3. The second-order valence-corrected chi connectivity index (χ2v) is 5.23. The number of halogens is 3. The largest absolute Gasteiger partial charge is 0.417 e. The van der Waals surface area contributed by atoms with Crippen LogP contribution in [0.1, 0.15) is 18.2 Å². The predicted octanol–water partition coefficient (Wildman–Crippen LogP) is 4.22. The van der Waals surface area contributed by atoms with Gasteiger partial charge in [-0.2, -0.15) is 13.2 Å². The van der Waals surface area contributed by atoms with Crippen molar-refractivity contribution in [1.29, 1.82) is 0 Å².